The normalized spacial score (nSPS) is 18.1. The highest BCUT2D eigenvalue weighted by molar-refractivity contribution is 6.32. The Balaban J connectivity index is 1.38. The molecule has 0 bridgehead atoms. The number of ether oxygens (including phenoxy) is 2. The fourth-order valence-electron chi connectivity index (χ4n) is 5.03. The Hall–Kier alpha value is -3.38. The molecule has 0 radical (unpaired) electrons. The first-order valence-electron chi connectivity index (χ1n) is 11.9. The summed E-state index contributed by atoms with van der Waals surface area (Å²) in [6, 6.07) is 12.7. The Bertz CT molecular complexity index is 1250. The number of ketones is 2. The number of amides is 1. The van der Waals surface area contributed by atoms with E-state index in [1.807, 2.05) is 37.3 Å². The van der Waals surface area contributed by atoms with Crippen LogP contribution >= 0.6 is 11.6 Å². The molecule has 2 aromatic rings. The molecule has 1 aliphatic heterocycles. The molecule has 35 heavy (non-hydrogen) atoms. The predicted octanol–water partition coefficient (Wildman–Crippen LogP) is 5.79. The number of halogens is 1. The third-order valence-corrected chi connectivity index (χ3v) is 6.89. The van der Waals surface area contributed by atoms with Gasteiger partial charge in [-0.05, 0) is 55.2 Å². The van der Waals surface area contributed by atoms with Gasteiger partial charge in [0, 0.05) is 48.4 Å². The maximum Gasteiger partial charge on any atom is 0.262 e. The molecule has 0 saturated heterocycles. The van der Waals surface area contributed by atoms with Crippen LogP contribution in [-0.4, -0.2) is 24.1 Å². The summed E-state index contributed by atoms with van der Waals surface area (Å²) >= 11 is 6.55. The van der Waals surface area contributed by atoms with Crippen LogP contribution in [0.25, 0.3) is 0 Å². The molecule has 5 rings (SSSR count). The average molecular weight is 492 g/mol. The lowest BCUT2D eigenvalue weighted by molar-refractivity contribution is -0.119. The number of benzene rings is 2. The number of carbonyl (C=O) groups is 3. The molecular formula is C28H26ClNO5. The maximum atomic E-state index is 12.9. The van der Waals surface area contributed by atoms with Crippen molar-refractivity contribution in [1.29, 1.82) is 0 Å². The van der Waals surface area contributed by atoms with Gasteiger partial charge >= 0.3 is 0 Å². The number of aryl methyl sites for hydroxylation is 1. The summed E-state index contributed by atoms with van der Waals surface area (Å²) in [4.78, 5) is 38.2. The third kappa shape index (κ3) is 4.76. The number of anilines is 1. The second-order valence-corrected chi connectivity index (χ2v) is 9.57. The van der Waals surface area contributed by atoms with Crippen LogP contribution in [0.1, 0.15) is 55.6 Å². The first-order valence-corrected chi connectivity index (χ1v) is 12.3. The minimum Gasteiger partial charge on any atom is -0.482 e. The number of allylic oxidation sites excluding steroid dienone is 4. The quantitative estimate of drug-likeness (QED) is 0.572. The highest BCUT2D eigenvalue weighted by Gasteiger charge is 2.41. The molecule has 6 nitrogen and oxygen atoms in total. The molecule has 7 heteroatoms. The van der Waals surface area contributed by atoms with Crippen LogP contribution in [0.3, 0.4) is 0 Å². The second kappa shape index (κ2) is 9.70. The fraction of sp³-hybridized carbons (Fsp3) is 0.321. The van der Waals surface area contributed by atoms with Crippen molar-refractivity contribution >= 4 is 34.8 Å². The smallest absolute Gasteiger partial charge is 0.262 e. The van der Waals surface area contributed by atoms with E-state index in [0.29, 0.717) is 64.8 Å². The van der Waals surface area contributed by atoms with Crippen LogP contribution in [0.15, 0.2) is 65.1 Å². The standard InChI is InChI=1S/C28H26ClNO5/c1-16-5-2-6-18(13-16)30-25(33)15-34-22-12-11-17(14-19(22)29)26-27-20(31)7-3-9-23(27)35-24-10-4-8-21(32)28(24)26/h2,5-6,11-14,26H,3-4,7-10,15H2,1H3,(H,30,33). The van der Waals surface area contributed by atoms with E-state index in [-0.39, 0.29) is 24.1 Å². The zero-order chi connectivity index (χ0) is 24.5. The van der Waals surface area contributed by atoms with Gasteiger partial charge in [-0.3, -0.25) is 14.4 Å². The van der Waals surface area contributed by atoms with Gasteiger partial charge < -0.3 is 14.8 Å². The summed E-state index contributed by atoms with van der Waals surface area (Å²) in [5, 5.41) is 3.11. The largest absolute Gasteiger partial charge is 0.482 e. The van der Waals surface area contributed by atoms with Crippen molar-refractivity contribution in [3.05, 3.63) is 81.3 Å². The highest BCUT2D eigenvalue weighted by Crippen LogP contribution is 2.48. The van der Waals surface area contributed by atoms with E-state index >= 15 is 0 Å². The summed E-state index contributed by atoms with van der Waals surface area (Å²) < 4.78 is 11.7. The Kier molecular flexibility index (Phi) is 6.48. The van der Waals surface area contributed by atoms with E-state index in [2.05, 4.69) is 5.32 Å². The van der Waals surface area contributed by atoms with Crippen molar-refractivity contribution in [2.24, 2.45) is 0 Å². The van der Waals surface area contributed by atoms with Gasteiger partial charge in [-0.15, -0.1) is 0 Å². The van der Waals surface area contributed by atoms with Gasteiger partial charge in [0.1, 0.15) is 17.3 Å². The number of rotatable bonds is 5. The van der Waals surface area contributed by atoms with Crippen LogP contribution in [-0.2, 0) is 19.1 Å². The van der Waals surface area contributed by atoms with Gasteiger partial charge in [-0.1, -0.05) is 29.8 Å². The zero-order valence-electron chi connectivity index (χ0n) is 19.5. The lowest BCUT2D eigenvalue weighted by atomic mass is 9.73. The zero-order valence-corrected chi connectivity index (χ0v) is 20.2. The number of Topliss-reactive ketones (excluding diaryl/α,β-unsaturated/α-hetero) is 2. The summed E-state index contributed by atoms with van der Waals surface area (Å²) in [6.07, 6.45) is 3.76. The Morgan fingerprint density at radius 3 is 2.31 bits per heavy atom. The molecule has 1 N–H and O–H groups in total. The first-order chi connectivity index (χ1) is 16.9. The summed E-state index contributed by atoms with van der Waals surface area (Å²) in [5.74, 6) is 0.981. The minimum absolute atomic E-state index is 0.0189. The maximum absolute atomic E-state index is 12.9. The van der Waals surface area contributed by atoms with E-state index in [4.69, 9.17) is 21.1 Å². The molecule has 0 unspecified atom stereocenters. The topological polar surface area (TPSA) is 81.7 Å². The van der Waals surface area contributed by atoms with Crippen LogP contribution < -0.4 is 10.1 Å². The van der Waals surface area contributed by atoms with Crippen LogP contribution in [0.5, 0.6) is 5.75 Å². The molecule has 0 aromatic heterocycles. The summed E-state index contributed by atoms with van der Waals surface area (Å²) in [7, 11) is 0. The van der Waals surface area contributed by atoms with Crippen LogP contribution in [0.4, 0.5) is 5.69 Å². The number of nitrogens with one attached hydrogen (secondary N) is 1. The van der Waals surface area contributed by atoms with Crippen molar-refractivity contribution in [1.82, 2.24) is 0 Å². The van der Waals surface area contributed by atoms with Gasteiger partial charge in [0.05, 0.1) is 5.02 Å². The average Bonchev–Trinajstić information content (AvgIpc) is 2.82. The molecule has 2 aliphatic carbocycles. The molecule has 1 heterocycles. The number of carbonyl (C=O) groups excluding carboxylic acids is 3. The van der Waals surface area contributed by atoms with Crippen LogP contribution in [0, 0.1) is 6.92 Å². The summed E-state index contributed by atoms with van der Waals surface area (Å²) in [6.45, 7) is 1.75. The second-order valence-electron chi connectivity index (χ2n) is 9.16. The van der Waals surface area contributed by atoms with Gasteiger partial charge in [-0.25, -0.2) is 0 Å². The van der Waals surface area contributed by atoms with Gasteiger partial charge in [0.15, 0.2) is 18.2 Å². The molecule has 3 aliphatic rings. The van der Waals surface area contributed by atoms with E-state index < -0.39 is 5.92 Å². The molecule has 0 spiro atoms. The predicted molar refractivity (Wildman–Crippen MR) is 132 cm³/mol. The Morgan fingerprint density at radius 1 is 1.00 bits per heavy atom. The van der Waals surface area contributed by atoms with Crippen molar-refractivity contribution in [2.75, 3.05) is 11.9 Å². The van der Waals surface area contributed by atoms with E-state index in [0.717, 1.165) is 24.0 Å². The highest BCUT2D eigenvalue weighted by atomic mass is 35.5. The van der Waals surface area contributed by atoms with Crippen molar-refractivity contribution in [2.45, 2.75) is 51.4 Å². The molecule has 0 fully saturated rings. The molecule has 0 atom stereocenters. The number of hydrogen-bond donors (Lipinski definition) is 1. The van der Waals surface area contributed by atoms with E-state index in [1.54, 1.807) is 12.1 Å². The molecule has 1 amide bonds. The molecule has 180 valence electrons. The van der Waals surface area contributed by atoms with Crippen molar-refractivity contribution < 1.29 is 23.9 Å². The first kappa shape index (κ1) is 23.4. The van der Waals surface area contributed by atoms with Gasteiger partial charge in [0.2, 0.25) is 0 Å². The minimum atomic E-state index is -0.481. The van der Waals surface area contributed by atoms with Crippen LogP contribution in [0.2, 0.25) is 5.02 Å². The van der Waals surface area contributed by atoms with E-state index in [1.165, 1.54) is 0 Å². The Labute approximate surface area is 208 Å². The Morgan fingerprint density at radius 2 is 1.69 bits per heavy atom. The number of hydrogen-bond acceptors (Lipinski definition) is 5. The SMILES string of the molecule is Cc1cccc(NC(=O)COc2ccc(C3C4=C(CCCC4=O)OC4=C3C(=O)CCC4)cc2Cl)c1. The van der Waals surface area contributed by atoms with Gasteiger partial charge in [-0.2, -0.15) is 0 Å². The monoisotopic (exact) mass is 491 g/mol. The summed E-state index contributed by atoms with van der Waals surface area (Å²) in [5.41, 5.74) is 3.64. The van der Waals surface area contributed by atoms with Crippen molar-refractivity contribution in [3.8, 4) is 5.75 Å². The fourth-order valence-corrected chi connectivity index (χ4v) is 5.27. The van der Waals surface area contributed by atoms with E-state index in [9.17, 15) is 14.4 Å². The lowest BCUT2D eigenvalue weighted by Crippen LogP contribution is -2.30. The lowest BCUT2D eigenvalue weighted by Gasteiger charge is -2.36. The molecule has 0 saturated carbocycles. The van der Waals surface area contributed by atoms with Crippen molar-refractivity contribution in [3.63, 3.8) is 0 Å². The molecular weight excluding hydrogens is 466 g/mol. The third-order valence-electron chi connectivity index (χ3n) is 6.59. The van der Waals surface area contributed by atoms with Gasteiger partial charge in [0.25, 0.3) is 5.91 Å². The molecule has 2 aromatic carbocycles.